The Bertz CT molecular complexity index is 392. The molecule has 1 unspecified atom stereocenters. The van der Waals surface area contributed by atoms with Crippen LogP contribution in [0.25, 0.3) is 0 Å². The van der Waals surface area contributed by atoms with E-state index in [-0.39, 0.29) is 18.7 Å². The standard InChI is InChI=1S/C12H18N2O2S/c1-9-4-6-17-11(9)7-13-12(16)14-5-2-3-10(14)8-15/h4,6,10,15H,2-3,5,7-8H2,1H3,(H,13,16). The van der Waals surface area contributed by atoms with Crippen molar-refractivity contribution in [3.8, 4) is 0 Å². The van der Waals surface area contributed by atoms with Gasteiger partial charge in [-0.25, -0.2) is 4.79 Å². The number of likely N-dealkylation sites (tertiary alicyclic amines) is 1. The molecule has 1 aromatic rings. The number of amides is 2. The van der Waals surface area contributed by atoms with E-state index in [2.05, 4.69) is 11.4 Å². The number of thiophene rings is 1. The molecule has 1 saturated heterocycles. The third-order valence-corrected chi connectivity index (χ3v) is 4.24. The van der Waals surface area contributed by atoms with E-state index in [1.54, 1.807) is 16.2 Å². The maximum atomic E-state index is 11.9. The summed E-state index contributed by atoms with van der Waals surface area (Å²) in [6.45, 7) is 3.44. The Hall–Kier alpha value is -1.07. The van der Waals surface area contributed by atoms with E-state index in [0.717, 1.165) is 19.4 Å². The van der Waals surface area contributed by atoms with Crippen LogP contribution in [0.5, 0.6) is 0 Å². The summed E-state index contributed by atoms with van der Waals surface area (Å²) in [5.41, 5.74) is 1.22. The number of hydrogen-bond acceptors (Lipinski definition) is 3. The largest absolute Gasteiger partial charge is 0.394 e. The van der Waals surface area contributed by atoms with Crippen molar-refractivity contribution in [1.82, 2.24) is 10.2 Å². The van der Waals surface area contributed by atoms with Crippen LogP contribution in [0, 0.1) is 6.92 Å². The summed E-state index contributed by atoms with van der Waals surface area (Å²) in [6.07, 6.45) is 1.89. The number of aliphatic hydroxyl groups excluding tert-OH is 1. The van der Waals surface area contributed by atoms with E-state index in [4.69, 9.17) is 5.11 Å². The first kappa shape index (κ1) is 12.4. The lowest BCUT2D eigenvalue weighted by Gasteiger charge is -2.23. The van der Waals surface area contributed by atoms with Gasteiger partial charge >= 0.3 is 6.03 Å². The highest BCUT2D eigenvalue weighted by molar-refractivity contribution is 7.10. The first-order valence-corrected chi connectivity index (χ1v) is 6.78. The number of carbonyl (C=O) groups excluding carboxylic acids is 1. The highest BCUT2D eigenvalue weighted by Gasteiger charge is 2.27. The number of urea groups is 1. The fraction of sp³-hybridized carbons (Fsp3) is 0.583. The topological polar surface area (TPSA) is 52.6 Å². The molecule has 0 aliphatic carbocycles. The molecule has 2 rings (SSSR count). The molecule has 0 spiro atoms. The minimum atomic E-state index is -0.0608. The highest BCUT2D eigenvalue weighted by Crippen LogP contribution is 2.18. The average Bonchev–Trinajstić information content (AvgIpc) is 2.94. The van der Waals surface area contributed by atoms with Gasteiger partial charge in [0.2, 0.25) is 0 Å². The third-order valence-electron chi connectivity index (χ3n) is 3.22. The Kier molecular flexibility index (Phi) is 4.02. The van der Waals surface area contributed by atoms with Gasteiger partial charge in [-0.15, -0.1) is 11.3 Å². The van der Waals surface area contributed by atoms with E-state index < -0.39 is 0 Å². The quantitative estimate of drug-likeness (QED) is 0.863. The Morgan fingerprint density at radius 3 is 3.18 bits per heavy atom. The maximum absolute atomic E-state index is 11.9. The molecule has 2 amide bonds. The fourth-order valence-electron chi connectivity index (χ4n) is 2.14. The fourth-order valence-corrected chi connectivity index (χ4v) is 2.98. The van der Waals surface area contributed by atoms with Gasteiger partial charge in [0, 0.05) is 11.4 Å². The van der Waals surface area contributed by atoms with Gasteiger partial charge in [-0.1, -0.05) is 0 Å². The van der Waals surface area contributed by atoms with E-state index in [1.807, 2.05) is 12.3 Å². The third kappa shape index (κ3) is 2.79. The van der Waals surface area contributed by atoms with Crippen LogP contribution < -0.4 is 5.32 Å². The van der Waals surface area contributed by atoms with Crippen molar-refractivity contribution in [2.24, 2.45) is 0 Å². The van der Waals surface area contributed by atoms with Crippen molar-refractivity contribution >= 4 is 17.4 Å². The summed E-state index contributed by atoms with van der Waals surface area (Å²) in [4.78, 5) is 14.9. The summed E-state index contributed by atoms with van der Waals surface area (Å²) in [6, 6.07) is 1.99. The van der Waals surface area contributed by atoms with Crippen molar-refractivity contribution in [3.63, 3.8) is 0 Å². The van der Waals surface area contributed by atoms with Gasteiger partial charge in [0.05, 0.1) is 19.2 Å². The van der Waals surface area contributed by atoms with E-state index in [0.29, 0.717) is 6.54 Å². The Morgan fingerprint density at radius 2 is 2.53 bits per heavy atom. The normalized spacial score (nSPS) is 19.6. The average molecular weight is 254 g/mol. The lowest BCUT2D eigenvalue weighted by atomic mass is 10.2. The second-order valence-electron chi connectivity index (χ2n) is 4.36. The number of aryl methyl sites for hydroxylation is 1. The van der Waals surface area contributed by atoms with Gasteiger partial charge in [-0.05, 0) is 36.8 Å². The lowest BCUT2D eigenvalue weighted by molar-refractivity contribution is 0.157. The second-order valence-corrected chi connectivity index (χ2v) is 5.36. The molecule has 1 atom stereocenters. The molecule has 0 saturated carbocycles. The number of nitrogens with zero attached hydrogens (tertiary/aromatic N) is 1. The monoisotopic (exact) mass is 254 g/mol. The maximum Gasteiger partial charge on any atom is 0.318 e. The van der Waals surface area contributed by atoms with Crippen molar-refractivity contribution in [2.75, 3.05) is 13.2 Å². The van der Waals surface area contributed by atoms with Crippen LogP contribution in [0.4, 0.5) is 4.79 Å². The van der Waals surface area contributed by atoms with Crippen LogP contribution in [0.3, 0.4) is 0 Å². The smallest absolute Gasteiger partial charge is 0.318 e. The van der Waals surface area contributed by atoms with Crippen LogP contribution in [0.15, 0.2) is 11.4 Å². The molecule has 1 aliphatic rings. The minimum absolute atomic E-state index is 0.000525. The van der Waals surface area contributed by atoms with Crippen molar-refractivity contribution in [3.05, 3.63) is 21.9 Å². The zero-order chi connectivity index (χ0) is 12.3. The van der Waals surface area contributed by atoms with Gasteiger partial charge in [-0.2, -0.15) is 0 Å². The number of aliphatic hydroxyl groups is 1. The summed E-state index contributed by atoms with van der Waals surface area (Å²) in [5, 5.41) is 14.1. The van der Waals surface area contributed by atoms with Gasteiger partial charge < -0.3 is 15.3 Å². The zero-order valence-electron chi connectivity index (χ0n) is 9.98. The summed E-state index contributed by atoms with van der Waals surface area (Å²) < 4.78 is 0. The second kappa shape index (κ2) is 5.51. The van der Waals surface area contributed by atoms with Crippen LogP contribution in [-0.4, -0.2) is 35.2 Å². The van der Waals surface area contributed by atoms with E-state index in [1.165, 1.54) is 10.4 Å². The Labute approximate surface area is 105 Å². The molecule has 0 bridgehead atoms. The SMILES string of the molecule is Cc1ccsc1CNC(=O)N1CCCC1CO. The molecular weight excluding hydrogens is 236 g/mol. The molecule has 5 heteroatoms. The molecular formula is C12H18N2O2S. The van der Waals surface area contributed by atoms with Gasteiger partial charge in [-0.3, -0.25) is 0 Å². The summed E-state index contributed by atoms with van der Waals surface area (Å²) >= 11 is 1.66. The van der Waals surface area contributed by atoms with Crippen molar-refractivity contribution in [2.45, 2.75) is 32.4 Å². The Balaban J connectivity index is 1.87. The van der Waals surface area contributed by atoms with E-state index in [9.17, 15) is 4.79 Å². The molecule has 1 aromatic heterocycles. The molecule has 2 N–H and O–H groups in total. The van der Waals surface area contributed by atoms with Crippen LogP contribution >= 0.6 is 11.3 Å². The van der Waals surface area contributed by atoms with Crippen molar-refractivity contribution < 1.29 is 9.90 Å². The molecule has 17 heavy (non-hydrogen) atoms. The number of rotatable bonds is 3. The van der Waals surface area contributed by atoms with Gasteiger partial charge in [0.15, 0.2) is 0 Å². The Morgan fingerprint density at radius 1 is 1.71 bits per heavy atom. The highest BCUT2D eigenvalue weighted by atomic mass is 32.1. The van der Waals surface area contributed by atoms with E-state index >= 15 is 0 Å². The minimum Gasteiger partial charge on any atom is -0.394 e. The van der Waals surface area contributed by atoms with Gasteiger partial charge in [0.1, 0.15) is 0 Å². The molecule has 94 valence electrons. The number of nitrogens with one attached hydrogen (secondary N) is 1. The van der Waals surface area contributed by atoms with Crippen LogP contribution in [-0.2, 0) is 6.54 Å². The van der Waals surface area contributed by atoms with Gasteiger partial charge in [0.25, 0.3) is 0 Å². The molecule has 0 aromatic carbocycles. The molecule has 1 aliphatic heterocycles. The predicted octanol–water partition coefficient (Wildman–Crippen LogP) is 1.72. The van der Waals surface area contributed by atoms with Crippen LogP contribution in [0.1, 0.15) is 23.3 Å². The summed E-state index contributed by atoms with van der Waals surface area (Å²) in [5.74, 6) is 0. The lowest BCUT2D eigenvalue weighted by Crippen LogP contribution is -2.43. The summed E-state index contributed by atoms with van der Waals surface area (Å²) in [7, 11) is 0. The zero-order valence-corrected chi connectivity index (χ0v) is 10.8. The number of carbonyl (C=O) groups is 1. The molecule has 1 fully saturated rings. The molecule has 4 nitrogen and oxygen atoms in total. The number of hydrogen-bond donors (Lipinski definition) is 2. The van der Waals surface area contributed by atoms with Crippen LogP contribution in [0.2, 0.25) is 0 Å². The molecule has 2 heterocycles. The first-order valence-electron chi connectivity index (χ1n) is 5.90. The van der Waals surface area contributed by atoms with Crippen molar-refractivity contribution in [1.29, 1.82) is 0 Å². The molecule has 0 radical (unpaired) electrons. The predicted molar refractivity (Wildman–Crippen MR) is 68.1 cm³/mol. The first-order chi connectivity index (χ1) is 8.22.